The standard InChI is InChI=1S/C21H18N4O3S/c26-19(13-25-20(27)9-8-17(24-25)18-7-4-12-28-18)22-11-10-16-14-29-21(23-16)15-5-2-1-3-6-15/h1-9,12,14H,10-11,13H2,(H,22,26). The zero-order valence-electron chi connectivity index (χ0n) is 15.4. The van der Waals surface area contributed by atoms with Gasteiger partial charge in [0.2, 0.25) is 5.91 Å². The van der Waals surface area contributed by atoms with Gasteiger partial charge in [-0.1, -0.05) is 30.3 Å². The zero-order valence-corrected chi connectivity index (χ0v) is 16.3. The van der Waals surface area contributed by atoms with E-state index >= 15 is 0 Å². The van der Waals surface area contributed by atoms with Gasteiger partial charge in [-0.25, -0.2) is 9.67 Å². The van der Waals surface area contributed by atoms with Gasteiger partial charge >= 0.3 is 0 Å². The Morgan fingerprint density at radius 1 is 1.10 bits per heavy atom. The molecular weight excluding hydrogens is 388 g/mol. The molecule has 1 amide bonds. The number of aromatic nitrogens is 3. The Morgan fingerprint density at radius 3 is 2.76 bits per heavy atom. The number of hydrogen-bond acceptors (Lipinski definition) is 6. The van der Waals surface area contributed by atoms with Gasteiger partial charge in [0.1, 0.15) is 17.2 Å². The predicted molar refractivity (Wildman–Crippen MR) is 110 cm³/mol. The lowest BCUT2D eigenvalue weighted by Crippen LogP contribution is -2.34. The van der Waals surface area contributed by atoms with E-state index in [0.29, 0.717) is 24.4 Å². The van der Waals surface area contributed by atoms with Crippen molar-refractivity contribution >= 4 is 17.2 Å². The summed E-state index contributed by atoms with van der Waals surface area (Å²) in [5.74, 6) is 0.256. The molecule has 3 aromatic heterocycles. The van der Waals surface area contributed by atoms with Crippen molar-refractivity contribution in [3.63, 3.8) is 0 Å². The van der Waals surface area contributed by atoms with Crippen molar-refractivity contribution in [1.82, 2.24) is 20.1 Å². The molecule has 0 radical (unpaired) electrons. The van der Waals surface area contributed by atoms with E-state index in [2.05, 4.69) is 15.4 Å². The van der Waals surface area contributed by atoms with Gasteiger partial charge < -0.3 is 9.73 Å². The minimum atomic E-state index is -0.345. The van der Waals surface area contributed by atoms with E-state index in [0.717, 1.165) is 20.9 Å². The number of carbonyl (C=O) groups excluding carboxylic acids is 1. The fourth-order valence-electron chi connectivity index (χ4n) is 2.77. The van der Waals surface area contributed by atoms with Crippen molar-refractivity contribution in [2.24, 2.45) is 0 Å². The van der Waals surface area contributed by atoms with Crippen LogP contribution in [0.5, 0.6) is 0 Å². The van der Waals surface area contributed by atoms with Crippen LogP contribution in [0.2, 0.25) is 0 Å². The van der Waals surface area contributed by atoms with Gasteiger partial charge in [0.05, 0.1) is 12.0 Å². The van der Waals surface area contributed by atoms with E-state index in [9.17, 15) is 9.59 Å². The molecule has 0 saturated heterocycles. The molecule has 4 aromatic rings. The minimum absolute atomic E-state index is 0.153. The van der Waals surface area contributed by atoms with Gasteiger partial charge in [0.25, 0.3) is 5.56 Å². The number of hydrogen-bond donors (Lipinski definition) is 1. The van der Waals surface area contributed by atoms with E-state index in [1.807, 2.05) is 35.7 Å². The van der Waals surface area contributed by atoms with Gasteiger partial charge in [-0.15, -0.1) is 11.3 Å². The maximum Gasteiger partial charge on any atom is 0.267 e. The Labute approximate surface area is 170 Å². The van der Waals surface area contributed by atoms with E-state index in [4.69, 9.17) is 4.42 Å². The van der Waals surface area contributed by atoms with Crippen LogP contribution in [-0.4, -0.2) is 27.2 Å². The summed E-state index contributed by atoms with van der Waals surface area (Å²) in [4.78, 5) is 28.8. The summed E-state index contributed by atoms with van der Waals surface area (Å²) in [6, 6.07) is 16.4. The molecule has 0 aliphatic heterocycles. The topological polar surface area (TPSA) is 90.0 Å². The molecule has 0 aliphatic rings. The van der Waals surface area contributed by atoms with Crippen molar-refractivity contribution < 1.29 is 9.21 Å². The van der Waals surface area contributed by atoms with Crippen LogP contribution in [0.3, 0.4) is 0 Å². The van der Waals surface area contributed by atoms with Crippen LogP contribution in [0.15, 0.2) is 75.5 Å². The molecule has 0 fully saturated rings. The minimum Gasteiger partial charge on any atom is -0.463 e. The molecule has 146 valence electrons. The number of amides is 1. The first-order valence-corrected chi connectivity index (χ1v) is 9.95. The Morgan fingerprint density at radius 2 is 1.97 bits per heavy atom. The second-order valence-corrected chi connectivity index (χ2v) is 7.16. The Bertz CT molecular complexity index is 1150. The highest BCUT2D eigenvalue weighted by Crippen LogP contribution is 2.23. The first kappa shape index (κ1) is 18.8. The Hall–Kier alpha value is -3.52. The normalized spacial score (nSPS) is 10.8. The number of nitrogens with zero attached hydrogens (tertiary/aromatic N) is 3. The number of thiazole rings is 1. The number of carbonyl (C=O) groups is 1. The lowest BCUT2D eigenvalue weighted by Gasteiger charge is -2.07. The van der Waals surface area contributed by atoms with E-state index in [-0.39, 0.29) is 18.0 Å². The lowest BCUT2D eigenvalue weighted by atomic mass is 10.2. The highest BCUT2D eigenvalue weighted by Gasteiger charge is 2.10. The highest BCUT2D eigenvalue weighted by atomic mass is 32.1. The molecule has 0 bridgehead atoms. The number of furan rings is 1. The average molecular weight is 406 g/mol. The quantitative estimate of drug-likeness (QED) is 0.510. The fraction of sp³-hybridized carbons (Fsp3) is 0.143. The highest BCUT2D eigenvalue weighted by molar-refractivity contribution is 7.13. The first-order valence-electron chi connectivity index (χ1n) is 9.07. The Kier molecular flexibility index (Phi) is 5.62. The second kappa shape index (κ2) is 8.66. The maximum atomic E-state index is 12.2. The number of rotatable bonds is 7. The van der Waals surface area contributed by atoms with Gasteiger partial charge in [-0.05, 0) is 18.2 Å². The van der Waals surface area contributed by atoms with Gasteiger partial charge in [-0.3, -0.25) is 9.59 Å². The smallest absolute Gasteiger partial charge is 0.267 e. The van der Waals surface area contributed by atoms with Crippen LogP contribution in [0, 0.1) is 0 Å². The molecule has 1 aromatic carbocycles. The largest absolute Gasteiger partial charge is 0.463 e. The van der Waals surface area contributed by atoms with E-state index in [1.54, 1.807) is 29.5 Å². The van der Waals surface area contributed by atoms with Crippen molar-refractivity contribution in [2.75, 3.05) is 6.54 Å². The zero-order chi connectivity index (χ0) is 20.1. The van der Waals surface area contributed by atoms with E-state index < -0.39 is 0 Å². The summed E-state index contributed by atoms with van der Waals surface area (Å²) >= 11 is 1.58. The summed E-state index contributed by atoms with van der Waals surface area (Å²) in [6.07, 6.45) is 2.14. The van der Waals surface area contributed by atoms with Crippen molar-refractivity contribution in [1.29, 1.82) is 0 Å². The van der Waals surface area contributed by atoms with Crippen LogP contribution in [0.1, 0.15) is 5.69 Å². The monoisotopic (exact) mass is 406 g/mol. The summed E-state index contributed by atoms with van der Waals surface area (Å²) in [6.45, 7) is 0.281. The average Bonchev–Trinajstić information content (AvgIpc) is 3.43. The summed E-state index contributed by atoms with van der Waals surface area (Å²) in [5.41, 5.74) is 2.15. The molecule has 0 unspecified atom stereocenters. The molecule has 3 heterocycles. The van der Waals surface area contributed by atoms with Crippen LogP contribution in [0.25, 0.3) is 22.0 Å². The SMILES string of the molecule is O=C(Cn1nc(-c2ccco2)ccc1=O)NCCc1csc(-c2ccccc2)n1. The van der Waals surface area contributed by atoms with Crippen LogP contribution in [0.4, 0.5) is 0 Å². The van der Waals surface area contributed by atoms with Crippen LogP contribution in [-0.2, 0) is 17.8 Å². The van der Waals surface area contributed by atoms with Crippen molar-refractivity contribution in [2.45, 2.75) is 13.0 Å². The number of benzene rings is 1. The molecule has 0 aliphatic carbocycles. The number of nitrogens with one attached hydrogen (secondary N) is 1. The molecule has 0 atom stereocenters. The molecule has 7 nitrogen and oxygen atoms in total. The molecule has 1 N–H and O–H groups in total. The molecule has 29 heavy (non-hydrogen) atoms. The summed E-state index contributed by atoms with van der Waals surface area (Å²) in [7, 11) is 0. The molecular formula is C21H18N4O3S. The second-order valence-electron chi connectivity index (χ2n) is 6.30. The summed E-state index contributed by atoms with van der Waals surface area (Å²) < 4.78 is 6.41. The third kappa shape index (κ3) is 4.67. The van der Waals surface area contributed by atoms with Crippen LogP contribution < -0.4 is 10.9 Å². The maximum absolute atomic E-state index is 12.2. The Balaban J connectivity index is 1.32. The van der Waals surface area contributed by atoms with Gasteiger partial charge in [0.15, 0.2) is 5.76 Å². The third-order valence-electron chi connectivity index (χ3n) is 4.21. The van der Waals surface area contributed by atoms with Crippen molar-refractivity contribution in [3.8, 4) is 22.0 Å². The van der Waals surface area contributed by atoms with E-state index in [1.165, 1.54) is 12.3 Å². The molecule has 4 rings (SSSR count). The fourth-order valence-corrected chi connectivity index (χ4v) is 3.64. The first-order chi connectivity index (χ1) is 14.2. The predicted octanol–water partition coefficient (Wildman–Crippen LogP) is 2.99. The third-order valence-corrected chi connectivity index (χ3v) is 5.15. The van der Waals surface area contributed by atoms with Crippen LogP contribution >= 0.6 is 11.3 Å². The van der Waals surface area contributed by atoms with Gasteiger partial charge in [-0.2, -0.15) is 5.10 Å². The molecule has 8 heteroatoms. The van der Waals surface area contributed by atoms with Crippen molar-refractivity contribution in [3.05, 3.63) is 82.3 Å². The molecule has 0 spiro atoms. The summed E-state index contributed by atoms with van der Waals surface area (Å²) in [5, 5.41) is 9.96. The van der Waals surface area contributed by atoms with Gasteiger partial charge in [0, 0.05) is 30.0 Å². The molecule has 0 saturated carbocycles. The lowest BCUT2D eigenvalue weighted by molar-refractivity contribution is -0.121.